The van der Waals surface area contributed by atoms with Crippen molar-refractivity contribution < 1.29 is 19.4 Å². The van der Waals surface area contributed by atoms with Gasteiger partial charge in [-0.3, -0.25) is 0 Å². The molecule has 0 saturated carbocycles. The lowest BCUT2D eigenvalue weighted by Crippen LogP contribution is -2.05. The van der Waals surface area contributed by atoms with E-state index in [1.165, 1.54) is 0 Å². The molecule has 0 unspecified atom stereocenters. The lowest BCUT2D eigenvalue weighted by Gasteiger charge is -2.07. The molecular weight excluding hydrogens is 268 g/mol. The van der Waals surface area contributed by atoms with E-state index in [4.69, 9.17) is 14.6 Å². The Balaban J connectivity index is 1.83. The maximum absolute atomic E-state index is 11.1. The minimum absolute atomic E-state index is 0.338. The van der Waals surface area contributed by atoms with E-state index in [2.05, 4.69) is 0 Å². The standard InChI is InChI=1S/C17H18O4/c1-20-15-8-6-13(7-9-15)12-21-11-10-14-4-2-3-5-16(14)17(18)19/h2-9H,10-12H2,1H3,(H,18,19). The molecule has 0 spiro atoms. The van der Waals surface area contributed by atoms with Crippen molar-refractivity contribution in [1.82, 2.24) is 0 Å². The topological polar surface area (TPSA) is 55.8 Å². The molecule has 2 rings (SSSR count). The van der Waals surface area contributed by atoms with Crippen LogP contribution in [0.25, 0.3) is 0 Å². The van der Waals surface area contributed by atoms with Crippen LogP contribution in [0.4, 0.5) is 0 Å². The van der Waals surface area contributed by atoms with Crippen molar-refractivity contribution in [2.24, 2.45) is 0 Å². The fraction of sp³-hybridized carbons (Fsp3) is 0.235. The predicted molar refractivity (Wildman–Crippen MR) is 79.8 cm³/mol. The fourth-order valence-electron chi connectivity index (χ4n) is 2.04. The summed E-state index contributed by atoms with van der Waals surface area (Å²) in [4.78, 5) is 11.1. The number of methoxy groups -OCH3 is 1. The maximum Gasteiger partial charge on any atom is 0.335 e. The van der Waals surface area contributed by atoms with Gasteiger partial charge in [0.25, 0.3) is 0 Å². The molecule has 0 aliphatic rings. The largest absolute Gasteiger partial charge is 0.497 e. The second-order valence-electron chi connectivity index (χ2n) is 4.61. The van der Waals surface area contributed by atoms with Gasteiger partial charge in [0.05, 0.1) is 25.9 Å². The van der Waals surface area contributed by atoms with E-state index in [1.54, 1.807) is 19.2 Å². The maximum atomic E-state index is 11.1. The zero-order chi connectivity index (χ0) is 15.1. The molecule has 21 heavy (non-hydrogen) atoms. The van der Waals surface area contributed by atoms with Gasteiger partial charge in [0.1, 0.15) is 5.75 Å². The van der Waals surface area contributed by atoms with Crippen LogP contribution >= 0.6 is 0 Å². The molecule has 0 aromatic heterocycles. The van der Waals surface area contributed by atoms with Gasteiger partial charge in [-0.2, -0.15) is 0 Å². The number of hydrogen-bond acceptors (Lipinski definition) is 3. The summed E-state index contributed by atoms with van der Waals surface area (Å²) in [6.07, 6.45) is 0.582. The highest BCUT2D eigenvalue weighted by molar-refractivity contribution is 5.89. The summed E-state index contributed by atoms with van der Waals surface area (Å²) in [5, 5.41) is 9.10. The second-order valence-corrected chi connectivity index (χ2v) is 4.61. The van der Waals surface area contributed by atoms with Gasteiger partial charge in [-0.1, -0.05) is 30.3 Å². The Bertz CT molecular complexity index is 590. The van der Waals surface area contributed by atoms with Crippen LogP contribution in [0, 0.1) is 0 Å². The molecule has 0 bridgehead atoms. The molecule has 0 fully saturated rings. The quantitative estimate of drug-likeness (QED) is 0.794. The normalized spacial score (nSPS) is 10.3. The molecule has 0 atom stereocenters. The van der Waals surface area contributed by atoms with Gasteiger partial charge < -0.3 is 14.6 Å². The molecule has 0 heterocycles. The third kappa shape index (κ3) is 4.33. The van der Waals surface area contributed by atoms with Gasteiger partial charge >= 0.3 is 5.97 Å². The summed E-state index contributed by atoms with van der Waals surface area (Å²) in [6.45, 7) is 0.982. The average molecular weight is 286 g/mol. The Hall–Kier alpha value is -2.33. The number of ether oxygens (including phenoxy) is 2. The molecular formula is C17H18O4. The van der Waals surface area contributed by atoms with Gasteiger partial charge in [0.15, 0.2) is 0 Å². The van der Waals surface area contributed by atoms with E-state index in [9.17, 15) is 4.79 Å². The van der Waals surface area contributed by atoms with Crippen LogP contribution < -0.4 is 4.74 Å². The highest BCUT2D eigenvalue weighted by Gasteiger charge is 2.08. The van der Waals surface area contributed by atoms with Crippen molar-refractivity contribution >= 4 is 5.97 Å². The number of rotatable bonds is 7. The number of carbonyl (C=O) groups is 1. The first-order valence-electron chi connectivity index (χ1n) is 6.72. The lowest BCUT2D eigenvalue weighted by molar-refractivity contribution is 0.0694. The van der Waals surface area contributed by atoms with Crippen molar-refractivity contribution in [2.75, 3.05) is 13.7 Å². The molecule has 0 radical (unpaired) electrons. The van der Waals surface area contributed by atoms with Gasteiger partial charge in [-0.05, 0) is 35.7 Å². The smallest absolute Gasteiger partial charge is 0.335 e. The highest BCUT2D eigenvalue weighted by atomic mass is 16.5. The summed E-state index contributed by atoms with van der Waals surface area (Å²) in [5.74, 6) is -0.0881. The third-order valence-corrected chi connectivity index (χ3v) is 3.19. The lowest BCUT2D eigenvalue weighted by atomic mass is 10.1. The first-order chi connectivity index (χ1) is 10.2. The van der Waals surface area contributed by atoms with Gasteiger partial charge in [0, 0.05) is 0 Å². The molecule has 0 aliphatic carbocycles. The van der Waals surface area contributed by atoms with Crippen LogP contribution in [0.15, 0.2) is 48.5 Å². The predicted octanol–water partition coefficient (Wildman–Crippen LogP) is 3.15. The molecule has 0 amide bonds. The number of carboxylic acids is 1. The first-order valence-corrected chi connectivity index (χ1v) is 6.72. The Morgan fingerprint density at radius 1 is 1.10 bits per heavy atom. The van der Waals surface area contributed by atoms with Crippen LogP contribution in [0.2, 0.25) is 0 Å². The van der Waals surface area contributed by atoms with Crippen LogP contribution in [0.3, 0.4) is 0 Å². The Morgan fingerprint density at radius 3 is 2.48 bits per heavy atom. The van der Waals surface area contributed by atoms with E-state index in [0.29, 0.717) is 25.2 Å². The molecule has 4 heteroatoms. The van der Waals surface area contributed by atoms with Crippen LogP contribution in [0.1, 0.15) is 21.5 Å². The summed E-state index contributed by atoms with van der Waals surface area (Å²) < 4.78 is 10.7. The molecule has 4 nitrogen and oxygen atoms in total. The number of aromatic carboxylic acids is 1. The fourth-order valence-corrected chi connectivity index (χ4v) is 2.04. The number of hydrogen-bond donors (Lipinski definition) is 1. The minimum Gasteiger partial charge on any atom is -0.497 e. The van der Waals surface area contributed by atoms with E-state index < -0.39 is 5.97 Å². The van der Waals surface area contributed by atoms with Crippen molar-refractivity contribution in [3.05, 3.63) is 65.2 Å². The van der Waals surface area contributed by atoms with Crippen molar-refractivity contribution in [3.63, 3.8) is 0 Å². The van der Waals surface area contributed by atoms with E-state index >= 15 is 0 Å². The molecule has 2 aromatic carbocycles. The number of benzene rings is 2. The monoisotopic (exact) mass is 286 g/mol. The Labute approximate surface area is 123 Å². The van der Waals surface area contributed by atoms with Crippen LogP contribution in [-0.2, 0) is 17.8 Å². The molecule has 0 saturated heterocycles. The number of carboxylic acid groups (broad SMARTS) is 1. The van der Waals surface area contributed by atoms with Crippen molar-refractivity contribution in [2.45, 2.75) is 13.0 Å². The zero-order valence-corrected chi connectivity index (χ0v) is 11.9. The SMILES string of the molecule is COc1ccc(COCCc2ccccc2C(=O)O)cc1. The molecule has 1 N–H and O–H groups in total. The summed E-state index contributed by atoms with van der Waals surface area (Å²) in [7, 11) is 1.63. The van der Waals surface area contributed by atoms with Crippen LogP contribution in [0.5, 0.6) is 5.75 Å². The van der Waals surface area contributed by atoms with E-state index in [0.717, 1.165) is 16.9 Å². The zero-order valence-electron chi connectivity index (χ0n) is 11.9. The third-order valence-electron chi connectivity index (χ3n) is 3.19. The second kappa shape index (κ2) is 7.45. The summed E-state index contributed by atoms with van der Waals surface area (Å²) in [6, 6.07) is 14.7. The Kier molecular flexibility index (Phi) is 5.35. The molecule has 0 aliphatic heterocycles. The van der Waals surface area contributed by atoms with Gasteiger partial charge in [-0.25, -0.2) is 4.79 Å². The van der Waals surface area contributed by atoms with Crippen molar-refractivity contribution in [3.8, 4) is 5.75 Å². The van der Waals surface area contributed by atoms with Gasteiger partial charge in [0.2, 0.25) is 0 Å². The Morgan fingerprint density at radius 2 is 1.81 bits per heavy atom. The van der Waals surface area contributed by atoms with Crippen molar-refractivity contribution in [1.29, 1.82) is 0 Å². The van der Waals surface area contributed by atoms with E-state index in [1.807, 2.05) is 36.4 Å². The molecule has 2 aromatic rings. The summed E-state index contributed by atoms with van der Waals surface area (Å²) in [5.41, 5.74) is 2.19. The minimum atomic E-state index is -0.902. The highest BCUT2D eigenvalue weighted by Crippen LogP contribution is 2.13. The summed E-state index contributed by atoms with van der Waals surface area (Å²) >= 11 is 0. The first kappa shape index (κ1) is 15.1. The van der Waals surface area contributed by atoms with E-state index in [-0.39, 0.29) is 0 Å². The van der Waals surface area contributed by atoms with Crippen LogP contribution in [-0.4, -0.2) is 24.8 Å². The molecule has 110 valence electrons. The average Bonchev–Trinajstić information content (AvgIpc) is 2.52. The van der Waals surface area contributed by atoms with Gasteiger partial charge in [-0.15, -0.1) is 0 Å².